The number of fused-ring (bicyclic) bond motifs is 1. The number of aliphatic hydroxyl groups excluding tert-OH is 1. The third kappa shape index (κ3) is 8.31. The van der Waals surface area contributed by atoms with E-state index in [4.69, 9.17) is 27.9 Å². The van der Waals surface area contributed by atoms with E-state index in [1.54, 1.807) is 35.0 Å². The van der Waals surface area contributed by atoms with E-state index >= 15 is 0 Å². The molecule has 0 spiro atoms. The first-order chi connectivity index (χ1) is 22.0. The second-order valence-electron chi connectivity index (χ2n) is 11.1. The number of carbonyl (C=O) groups excluding carboxylic acids is 1. The van der Waals surface area contributed by atoms with Gasteiger partial charge in [-0.3, -0.25) is 4.79 Å². The van der Waals surface area contributed by atoms with E-state index in [2.05, 4.69) is 15.0 Å². The number of aromatic nitrogens is 2. The Morgan fingerprint density at radius 3 is 2.50 bits per heavy atom. The second kappa shape index (κ2) is 14.7. The van der Waals surface area contributed by atoms with Gasteiger partial charge in [-0.05, 0) is 85.3 Å². The number of carbonyl (C=O) groups is 1. The van der Waals surface area contributed by atoms with Crippen molar-refractivity contribution >= 4 is 50.0 Å². The number of aliphatic hydroxyl groups is 1. The summed E-state index contributed by atoms with van der Waals surface area (Å²) in [6, 6.07) is 22.2. The van der Waals surface area contributed by atoms with Crippen LogP contribution in [-0.4, -0.2) is 47.9 Å². The van der Waals surface area contributed by atoms with Gasteiger partial charge in [0.15, 0.2) is 6.23 Å². The van der Waals surface area contributed by atoms with Crippen molar-refractivity contribution in [3.05, 3.63) is 123 Å². The molecular weight excluding hydrogens is 647 g/mol. The van der Waals surface area contributed by atoms with Crippen LogP contribution in [0.15, 0.2) is 79.0 Å². The van der Waals surface area contributed by atoms with Crippen LogP contribution in [0.2, 0.25) is 10.0 Å². The van der Waals surface area contributed by atoms with Crippen LogP contribution in [0.5, 0.6) is 5.75 Å². The molecule has 0 saturated carbocycles. The van der Waals surface area contributed by atoms with Crippen molar-refractivity contribution in [2.75, 3.05) is 18.9 Å². The highest BCUT2D eigenvalue weighted by Crippen LogP contribution is 2.30. The number of aromatic amines is 1. The maximum atomic E-state index is 13.0. The number of H-pyrrole nitrogens is 1. The van der Waals surface area contributed by atoms with E-state index in [1.165, 1.54) is 0 Å². The van der Waals surface area contributed by atoms with Gasteiger partial charge in [-0.25, -0.2) is 8.42 Å². The normalized spacial score (nSPS) is 12.4. The third-order valence-electron chi connectivity index (χ3n) is 7.63. The fourth-order valence-corrected chi connectivity index (χ4v) is 6.62. The summed E-state index contributed by atoms with van der Waals surface area (Å²) in [5, 5.41) is 15.8. The molecule has 4 N–H and O–H groups in total. The van der Waals surface area contributed by atoms with Crippen molar-refractivity contribution in [3.8, 4) is 5.75 Å². The molecule has 0 aliphatic rings. The van der Waals surface area contributed by atoms with E-state index in [0.29, 0.717) is 52.9 Å². The van der Waals surface area contributed by atoms with Gasteiger partial charge in [-0.1, -0.05) is 59.6 Å². The van der Waals surface area contributed by atoms with Crippen LogP contribution in [0, 0.1) is 13.8 Å². The summed E-state index contributed by atoms with van der Waals surface area (Å²) in [7, 11) is -3.99. The van der Waals surface area contributed by atoms with Gasteiger partial charge in [0.1, 0.15) is 11.4 Å². The van der Waals surface area contributed by atoms with Crippen LogP contribution in [0.4, 0.5) is 0 Å². The number of hydrogen-bond acceptors (Lipinski definition) is 5. The Kier molecular flexibility index (Phi) is 10.8. The molecule has 0 radical (unpaired) electrons. The Morgan fingerprint density at radius 1 is 1.02 bits per heavy atom. The average molecular weight is 684 g/mol. The predicted octanol–water partition coefficient (Wildman–Crippen LogP) is 6.29. The minimum absolute atomic E-state index is 0.145. The Bertz CT molecular complexity index is 1920. The van der Waals surface area contributed by atoms with Crippen molar-refractivity contribution in [2.45, 2.75) is 39.5 Å². The van der Waals surface area contributed by atoms with Gasteiger partial charge in [0, 0.05) is 40.2 Å². The molecule has 12 heteroatoms. The summed E-state index contributed by atoms with van der Waals surface area (Å²) in [4.78, 5) is 16.0. The van der Waals surface area contributed by atoms with E-state index in [1.807, 2.05) is 62.4 Å². The van der Waals surface area contributed by atoms with Crippen molar-refractivity contribution in [2.24, 2.45) is 0 Å². The highest BCUT2D eigenvalue weighted by molar-refractivity contribution is 7.89. The van der Waals surface area contributed by atoms with Crippen LogP contribution in [0.1, 0.15) is 51.1 Å². The monoisotopic (exact) mass is 682 g/mol. The lowest BCUT2D eigenvalue weighted by atomic mass is 10.0. The third-order valence-corrected chi connectivity index (χ3v) is 9.79. The molecule has 3 aromatic carbocycles. The maximum absolute atomic E-state index is 13.0. The molecule has 1 unspecified atom stereocenters. The minimum Gasteiger partial charge on any atom is -0.494 e. The Labute approximate surface area is 278 Å². The fraction of sp³-hybridized carbons (Fsp3) is 0.265. The number of benzene rings is 3. The van der Waals surface area contributed by atoms with E-state index in [0.717, 1.165) is 33.4 Å². The van der Waals surface area contributed by atoms with E-state index in [-0.39, 0.29) is 6.54 Å². The molecule has 46 heavy (non-hydrogen) atoms. The topological polar surface area (TPSA) is 125 Å². The van der Waals surface area contributed by atoms with Crippen LogP contribution >= 0.6 is 23.2 Å². The molecule has 0 fully saturated rings. The van der Waals surface area contributed by atoms with E-state index in [9.17, 15) is 18.3 Å². The predicted molar refractivity (Wildman–Crippen MR) is 182 cm³/mol. The molecule has 1 amide bonds. The molecule has 1 atom stereocenters. The van der Waals surface area contributed by atoms with Gasteiger partial charge in [0.05, 0.1) is 18.1 Å². The molecule has 0 bridgehead atoms. The summed E-state index contributed by atoms with van der Waals surface area (Å²) >= 11 is 12.5. The van der Waals surface area contributed by atoms with Crippen molar-refractivity contribution in [1.82, 2.24) is 19.6 Å². The standard InChI is InChI=1S/C34H36Cl2N4O5S/c1-22-18-26(19-23(2)31(22)36)45-16-7-10-28-27-13-12-25(35)20-29(27)38-32(28)34(42)39-46(43,44)17-14-37-33(41)30-11-6-15-40(30)21-24-8-4-3-5-9-24/h3-6,8-9,11-13,15,18-20,34,38-39,42H,7,10,14,16-17,21H2,1-2H3,(H,37,41). The highest BCUT2D eigenvalue weighted by Gasteiger charge is 2.23. The Balaban J connectivity index is 1.20. The number of rotatable bonds is 14. The smallest absolute Gasteiger partial charge is 0.267 e. The molecule has 0 saturated heterocycles. The van der Waals surface area contributed by atoms with Crippen LogP contribution in [0.25, 0.3) is 10.9 Å². The summed E-state index contributed by atoms with van der Waals surface area (Å²) in [6.45, 7) is 4.61. The molecule has 242 valence electrons. The number of aryl methyl sites for hydroxylation is 3. The van der Waals surface area contributed by atoms with Gasteiger partial charge >= 0.3 is 0 Å². The second-order valence-corrected chi connectivity index (χ2v) is 13.8. The maximum Gasteiger partial charge on any atom is 0.267 e. The van der Waals surface area contributed by atoms with Crippen LogP contribution in [-0.2, 0) is 23.0 Å². The van der Waals surface area contributed by atoms with Gasteiger partial charge < -0.3 is 24.7 Å². The molecular formula is C34H36Cl2N4O5S. The van der Waals surface area contributed by atoms with Gasteiger partial charge in [-0.2, -0.15) is 4.72 Å². The molecule has 5 rings (SSSR count). The van der Waals surface area contributed by atoms with Crippen LogP contribution < -0.4 is 14.8 Å². The van der Waals surface area contributed by atoms with Crippen molar-refractivity contribution in [1.29, 1.82) is 0 Å². The SMILES string of the molecule is Cc1cc(OCCCc2c(C(O)NS(=O)(=O)CCNC(=O)c3cccn3Cc3ccccc3)[nH]c3cc(Cl)ccc23)cc(C)c1Cl. The largest absolute Gasteiger partial charge is 0.494 e. The summed E-state index contributed by atoms with van der Waals surface area (Å²) in [5.74, 6) is -0.100. The molecule has 2 heterocycles. The first-order valence-corrected chi connectivity index (χ1v) is 17.3. The lowest BCUT2D eigenvalue weighted by molar-refractivity contribution is 0.0947. The number of halogens is 2. The van der Waals surface area contributed by atoms with Crippen LogP contribution in [0.3, 0.4) is 0 Å². The number of nitrogens with zero attached hydrogens (tertiary/aromatic N) is 1. The zero-order valence-corrected chi connectivity index (χ0v) is 27.8. The Hall–Kier alpha value is -3.80. The zero-order chi connectivity index (χ0) is 32.8. The molecule has 0 aliphatic heterocycles. The lowest BCUT2D eigenvalue weighted by Crippen LogP contribution is -2.37. The quantitative estimate of drug-likeness (QED) is 0.0809. The first-order valence-electron chi connectivity index (χ1n) is 14.9. The van der Waals surface area contributed by atoms with Crippen molar-refractivity contribution in [3.63, 3.8) is 0 Å². The lowest BCUT2D eigenvalue weighted by Gasteiger charge is -2.15. The number of ether oxygens (including phenoxy) is 1. The number of nitrogens with one attached hydrogen (secondary N) is 3. The average Bonchev–Trinajstić information content (AvgIpc) is 3.62. The minimum atomic E-state index is -3.99. The number of sulfonamides is 1. The number of hydrogen-bond donors (Lipinski definition) is 4. The molecule has 5 aromatic rings. The first kappa shape index (κ1) is 33.6. The fourth-order valence-electron chi connectivity index (χ4n) is 5.40. The summed E-state index contributed by atoms with van der Waals surface area (Å²) < 4.78 is 36.0. The summed E-state index contributed by atoms with van der Waals surface area (Å²) in [6.07, 6.45) is 1.35. The summed E-state index contributed by atoms with van der Waals surface area (Å²) in [5.41, 5.74) is 5.06. The van der Waals surface area contributed by atoms with E-state index < -0.39 is 27.9 Å². The molecule has 0 aliphatic carbocycles. The number of amides is 1. The molecule has 2 aromatic heterocycles. The van der Waals surface area contributed by atoms with Gasteiger partial charge in [0.25, 0.3) is 5.91 Å². The molecule has 9 nitrogen and oxygen atoms in total. The van der Waals surface area contributed by atoms with Gasteiger partial charge in [-0.15, -0.1) is 0 Å². The highest BCUT2D eigenvalue weighted by atomic mass is 35.5. The van der Waals surface area contributed by atoms with Gasteiger partial charge in [0.2, 0.25) is 10.0 Å². The van der Waals surface area contributed by atoms with Crippen molar-refractivity contribution < 1.29 is 23.1 Å². The Morgan fingerprint density at radius 2 is 1.76 bits per heavy atom. The zero-order valence-electron chi connectivity index (χ0n) is 25.5.